The highest BCUT2D eigenvalue weighted by atomic mass is 16.6. The SMILES string of the molecule is C=C(/C=C/C=C(/COCO)[C@@H]1CC[C@]2([C@@H]1O)[C@@H]1C(=C(C)C=O)[C@@H](C=C[C@H]1CCO)C[C@]2(O)CCNC)[C@H]1C/C=C(\C)[C@@H](O)N[C@@](C)(CCOC)Cc2cccc(c2)C1. The Morgan fingerprint density at radius 1 is 1.16 bits per heavy atom. The third-order valence-electron chi connectivity index (χ3n) is 13.9. The van der Waals surface area contributed by atoms with Gasteiger partial charge in [-0.25, -0.2) is 0 Å². The van der Waals surface area contributed by atoms with E-state index >= 15 is 0 Å². The minimum atomic E-state index is -1.25. The monoisotopic (exact) mass is 803 g/mol. The molecular formula is C48H70N2O8. The first-order valence-corrected chi connectivity index (χ1v) is 21.2. The first-order valence-electron chi connectivity index (χ1n) is 21.2. The molecule has 0 unspecified atom stereocenters. The summed E-state index contributed by atoms with van der Waals surface area (Å²) in [5, 5.41) is 63.5. The molecular weight excluding hydrogens is 733 g/mol. The lowest BCUT2D eigenvalue weighted by molar-refractivity contribution is -0.194. The van der Waals surface area contributed by atoms with Crippen LogP contribution < -0.4 is 10.6 Å². The van der Waals surface area contributed by atoms with Crippen LogP contribution in [0.15, 0.2) is 95.2 Å². The van der Waals surface area contributed by atoms with Crippen LogP contribution >= 0.6 is 0 Å². The van der Waals surface area contributed by atoms with Gasteiger partial charge in [-0.2, -0.15) is 0 Å². The number of aldehydes is 1. The molecule has 5 rings (SSSR count). The second kappa shape index (κ2) is 20.5. The molecule has 1 spiro atoms. The van der Waals surface area contributed by atoms with Crippen molar-refractivity contribution in [2.75, 3.05) is 47.3 Å². The summed E-state index contributed by atoms with van der Waals surface area (Å²) in [4.78, 5) is 12.4. The van der Waals surface area contributed by atoms with Crippen LogP contribution in [-0.2, 0) is 27.1 Å². The number of carbonyl (C=O) groups is 1. The molecule has 3 aliphatic carbocycles. The zero-order valence-electron chi connectivity index (χ0n) is 35.5. The van der Waals surface area contributed by atoms with Crippen LogP contribution in [0.1, 0.15) is 76.8 Å². The Hall–Kier alpha value is -3.03. The van der Waals surface area contributed by atoms with Crippen molar-refractivity contribution in [3.63, 3.8) is 0 Å². The normalized spacial score (nSPS) is 36.0. The van der Waals surface area contributed by atoms with Crippen molar-refractivity contribution in [3.05, 3.63) is 106 Å². The van der Waals surface area contributed by atoms with Gasteiger partial charge < -0.3 is 40.3 Å². The number of aliphatic hydroxyl groups excluding tert-OH is 4. The maximum atomic E-state index is 12.9. The largest absolute Gasteiger partial charge is 0.396 e. The van der Waals surface area contributed by atoms with Gasteiger partial charge in [-0.1, -0.05) is 78.4 Å². The highest BCUT2D eigenvalue weighted by molar-refractivity contribution is 5.74. The van der Waals surface area contributed by atoms with Crippen molar-refractivity contribution in [2.45, 2.75) is 102 Å². The van der Waals surface area contributed by atoms with E-state index in [2.05, 4.69) is 66.6 Å². The second-order valence-electron chi connectivity index (χ2n) is 17.7. The standard InChI is InChI=1S/C48H70N2O8/c1-32(38-14-13-33(2)45(55)50-46(4,21-24-57-6)27-36-11-8-10-35(25-36)26-38)9-7-12-40(30-58-31-53)41-17-19-48(44(41)54)43-37(18-23-51)15-16-39(42(43)34(3)29-52)28-47(48,56)20-22-49-5/h7-13,15-16,25,29,37-39,41,43-45,49-51,53-56H,1,14,17-24,26-28,30-31H2,2-6H3/b9-7+,33-13+,40-12-,42-34?/t37-,38-,39-,41-,43-,44+,45+,46-,47+,48+/m0/s1. The highest BCUT2D eigenvalue weighted by Crippen LogP contribution is 2.67. The maximum absolute atomic E-state index is 12.9. The van der Waals surface area contributed by atoms with E-state index in [0.717, 1.165) is 47.8 Å². The zero-order chi connectivity index (χ0) is 42.1. The summed E-state index contributed by atoms with van der Waals surface area (Å²) in [6.45, 7) is 11.1. The number of ether oxygens (including phenoxy) is 2. The lowest BCUT2D eigenvalue weighted by atomic mass is 9.45. The van der Waals surface area contributed by atoms with Gasteiger partial charge in [0.05, 0.1) is 18.3 Å². The van der Waals surface area contributed by atoms with Gasteiger partial charge in [-0.15, -0.1) is 0 Å². The lowest BCUT2D eigenvalue weighted by Gasteiger charge is -2.61. The molecule has 7 N–H and O–H groups in total. The van der Waals surface area contributed by atoms with Crippen LogP contribution in [0, 0.1) is 35.0 Å². The Bertz CT molecular complexity index is 1730. The van der Waals surface area contributed by atoms with E-state index in [-0.39, 0.29) is 48.3 Å². The summed E-state index contributed by atoms with van der Waals surface area (Å²) < 4.78 is 11.0. The molecule has 1 heterocycles. The van der Waals surface area contributed by atoms with Crippen molar-refractivity contribution in [3.8, 4) is 0 Å². The number of hydrogen-bond donors (Lipinski definition) is 7. The Morgan fingerprint density at radius 2 is 1.93 bits per heavy atom. The van der Waals surface area contributed by atoms with E-state index in [1.54, 1.807) is 7.11 Å². The van der Waals surface area contributed by atoms with Crippen molar-refractivity contribution in [2.24, 2.45) is 35.0 Å². The topological polar surface area (TPSA) is 161 Å². The van der Waals surface area contributed by atoms with E-state index < -0.39 is 30.1 Å². The van der Waals surface area contributed by atoms with Gasteiger partial charge in [-0.3, -0.25) is 10.1 Å². The fourth-order valence-corrected chi connectivity index (χ4v) is 10.9. The van der Waals surface area contributed by atoms with Gasteiger partial charge in [0.2, 0.25) is 0 Å². The summed E-state index contributed by atoms with van der Waals surface area (Å²) in [6, 6.07) is 8.63. The van der Waals surface area contributed by atoms with E-state index in [1.165, 1.54) is 11.1 Å². The molecule has 320 valence electrons. The quantitative estimate of drug-likeness (QED) is 0.0386. The number of allylic oxidation sites excluding steroid dienone is 9. The van der Waals surface area contributed by atoms with Crippen LogP contribution in [0.3, 0.4) is 0 Å². The average Bonchev–Trinajstić information content (AvgIpc) is 3.55. The van der Waals surface area contributed by atoms with Crippen LogP contribution in [0.4, 0.5) is 0 Å². The van der Waals surface area contributed by atoms with Gasteiger partial charge in [0, 0.05) is 43.1 Å². The molecule has 0 radical (unpaired) electrons. The van der Waals surface area contributed by atoms with Crippen molar-refractivity contribution in [1.29, 1.82) is 0 Å². The van der Waals surface area contributed by atoms with E-state index in [1.807, 2.05) is 39.1 Å². The minimum absolute atomic E-state index is 0.0466. The van der Waals surface area contributed by atoms with Gasteiger partial charge >= 0.3 is 0 Å². The summed E-state index contributed by atoms with van der Waals surface area (Å²) in [5.74, 6) is -0.978. The lowest BCUT2D eigenvalue weighted by Crippen LogP contribution is -2.65. The number of nitrogens with one attached hydrogen (secondary N) is 2. The fraction of sp³-hybridized carbons (Fsp3) is 0.604. The Kier molecular flexibility index (Phi) is 16.3. The summed E-state index contributed by atoms with van der Waals surface area (Å²) in [6.07, 6.45) is 16.6. The van der Waals surface area contributed by atoms with Crippen LogP contribution in [-0.4, -0.2) is 103 Å². The molecule has 0 amide bonds. The van der Waals surface area contributed by atoms with Gasteiger partial charge in [0.15, 0.2) is 0 Å². The third-order valence-corrected chi connectivity index (χ3v) is 13.9. The molecule has 0 saturated heterocycles. The summed E-state index contributed by atoms with van der Waals surface area (Å²) in [7, 11) is 3.55. The van der Waals surface area contributed by atoms with Crippen molar-refractivity contribution >= 4 is 6.29 Å². The van der Waals surface area contributed by atoms with Crippen LogP contribution in [0.25, 0.3) is 0 Å². The molecule has 10 heteroatoms. The smallest absolute Gasteiger partial charge is 0.145 e. The molecule has 4 bridgehead atoms. The predicted octanol–water partition coefficient (Wildman–Crippen LogP) is 5.26. The number of hydrogen-bond acceptors (Lipinski definition) is 10. The minimum Gasteiger partial charge on any atom is -0.396 e. The average molecular weight is 803 g/mol. The van der Waals surface area contributed by atoms with Crippen LogP contribution in [0.2, 0.25) is 0 Å². The maximum Gasteiger partial charge on any atom is 0.145 e. The van der Waals surface area contributed by atoms with Gasteiger partial charge in [0.25, 0.3) is 0 Å². The molecule has 4 aliphatic rings. The molecule has 1 aromatic rings. The molecule has 1 aliphatic heterocycles. The summed E-state index contributed by atoms with van der Waals surface area (Å²) >= 11 is 0. The first kappa shape index (κ1) is 46.0. The predicted molar refractivity (Wildman–Crippen MR) is 229 cm³/mol. The molecule has 2 fully saturated rings. The van der Waals surface area contributed by atoms with Gasteiger partial charge in [-0.05, 0) is 138 Å². The summed E-state index contributed by atoms with van der Waals surface area (Å²) in [5.41, 5.74) is 3.95. The van der Waals surface area contributed by atoms with E-state index in [0.29, 0.717) is 57.2 Å². The van der Waals surface area contributed by atoms with Crippen molar-refractivity contribution in [1.82, 2.24) is 10.6 Å². The van der Waals surface area contributed by atoms with Crippen LogP contribution in [0.5, 0.6) is 0 Å². The fourth-order valence-electron chi connectivity index (χ4n) is 10.9. The Morgan fingerprint density at radius 3 is 2.64 bits per heavy atom. The number of rotatable bonds is 16. The molecule has 10 atom stereocenters. The van der Waals surface area contributed by atoms with Gasteiger partial charge in [0.1, 0.15) is 19.3 Å². The number of methoxy groups -OCH3 is 1. The molecule has 2 saturated carbocycles. The molecule has 58 heavy (non-hydrogen) atoms. The molecule has 0 aromatic heterocycles. The zero-order valence-corrected chi connectivity index (χ0v) is 35.5. The number of fused-ring (bicyclic) bond motifs is 5. The molecule has 10 nitrogen and oxygen atoms in total. The second-order valence-corrected chi connectivity index (χ2v) is 17.7. The number of benzene rings is 1. The number of carbonyl (C=O) groups excluding carboxylic acids is 1. The third kappa shape index (κ3) is 9.94. The van der Waals surface area contributed by atoms with E-state index in [4.69, 9.17) is 9.47 Å². The molecule has 1 aromatic carbocycles. The Balaban J connectivity index is 1.47. The first-order chi connectivity index (χ1) is 27.8. The number of aliphatic hydroxyl groups is 5. The van der Waals surface area contributed by atoms with Crippen molar-refractivity contribution < 1.29 is 39.8 Å². The highest BCUT2D eigenvalue weighted by Gasteiger charge is 2.68. The van der Waals surface area contributed by atoms with E-state index in [9.17, 15) is 30.3 Å². The Labute approximate surface area is 346 Å².